The van der Waals surface area contributed by atoms with Crippen LogP contribution in [0.2, 0.25) is 0 Å². The number of para-hydroxylation sites is 1. The lowest BCUT2D eigenvalue weighted by atomic mass is 10.1. The molecule has 0 spiro atoms. The molecule has 28 heavy (non-hydrogen) atoms. The van der Waals surface area contributed by atoms with E-state index in [9.17, 15) is 9.59 Å². The van der Waals surface area contributed by atoms with Crippen molar-refractivity contribution in [2.75, 3.05) is 26.5 Å². The van der Waals surface area contributed by atoms with Crippen molar-refractivity contribution in [3.8, 4) is 17.2 Å². The summed E-state index contributed by atoms with van der Waals surface area (Å²) >= 11 is 0. The minimum absolute atomic E-state index is 0.0730. The molecule has 148 valence electrons. The number of carbonyl (C=O) groups excluding carboxylic acids is 2. The Bertz CT molecular complexity index is 820. The van der Waals surface area contributed by atoms with Gasteiger partial charge in [-0.15, -0.1) is 0 Å². The number of hydrogen-bond acceptors (Lipinski definition) is 6. The van der Waals surface area contributed by atoms with E-state index in [4.69, 9.17) is 18.9 Å². The lowest BCUT2D eigenvalue weighted by molar-refractivity contribution is -0.145. The minimum atomic E-state index is -0.615. The van der Waals surface area contributed by atoms with Gasteiger partial charge in [-0.3, -0.25) is 4.79 Å². The molecule has 0 N–H and O–H groups in total. The van der Waals surface area contributed by atoms with E-state index in [0.717, 1.165) is 0 Å². The van der Waals surface area contributed by atoms with Gasteiger partial charge >= 0.3 is 5.97 Å². The van der Waals surface area contributed by atoms with Crippen molar-refractivity contribution in [3.05, 3.63) is 54.1 Å². The number of rotatable bonds is 8. The lowest BCUT2D eigenvalue weighted by Gasteiger charge is -2.28. The highest BCUT2D eigenvalue weighted by Crippen LogP contribution is 2.24. The van der Waals surface area contributed by atoms with Crippen LogP contribution < -0.4 is 14.2 Å². The molecule has 7 heteroatoms. The molecule has 1 heterocycles. The van der Waals surface area contributed by atoms with Gasteiger partial charge in [0, 0.05) is 6.61 Å². The van der Waals surface area contributed by atoms with E-state index >= 15 is 0 Å². The summed E-state index contributed by atoms with van der Waals surface area (Å²) < 4.78 is 21.7. The maximum Gasteiger partial charge on any atom is 0.340 e. The molecule has 1 amide bonds. The van der Waals surface area contributed by atoms with Crippen LogP contribution in [0, 0.1) is 0 Å². The molecule has 0 aromatic heterocycles. The molecule has 0 fully saturated rings. The number of carbonyl (C=O) groups is 2. The van der Waals surface area contributed by atoms with E-state index in [2.05, 4.69) is 0 Å². The molecule has 1 aliphatic heterocycles. The molecular formula is C21H23NO6. The largest absolute Gasteiger partial charge is 0.492 e. The number of nitrogens with zero attached hydrogens (tertiary/aromatic N) is 1. The normalized spacial score (nSPS) is 14.1. The second-order valence-electron chi connectivity index (χ2n) is 6.18. The highest BCUT2D eigenvalue weighted by Gasteiger charge is 2.24. The molecule has 3 rings (SSSR count). The molecular weight excluding hydrogens is 362 g/mol. The predicted octanol–water partition coefficient (Wildman–Crippen LogP) is 2.89. The SMILES string of the molecule is CCOC(C)C(=O)Oc1ccc(OCCN2COc3ccccc3C2=O)cc1. The first kappa shape index (κ1) is 19.7. The van der Waals surface area contributed by atoms with Gasteiger partial charge in [-0.1, -0.05) is 12.1 Å². The number of benzene rings is 2. The van der Waals surface area contributed by atoms with Gasteiger partial charge in [-0.25, -0.2) is 4.79 Å². The first-order chi connectivity index (χ1) is 13.6. The standard InChI is InChI=1S/C21H23NO6/c1-3-25-15(2)21(24)28-17-10-8-16(9-11-17)26-13-12-22-14-27-19-7-5-4-6-18(19)20(22)23/h4-11,15H,3,12-14H2,1-2H3. The third-order valence-electron chi connectivity index (χ3n) is 4.20. The van der Waals surface area contributed by atoms with E-state index in [1.54, 1.807) is 48.2 Å². The molecule has 0 saturated carbocycles. The van der Waals surface area contributed by atoms with Crippen molar-refractivity contribution in [3.63, 3.8) is 0 Å². The van der Waals surface area contributed by atoms with E-state index < -0.39 is 12.1 Å². The summed E-state index contributed by atoms with van der Waals surface area (Å²) in [6.45, 7) is 4.82. The summed E-state index contributed by atoms with van der Waals surface area (Å²) in [4.78, 5) is 25.9. The summed E-state index contributed by atoms with van der Waals surface area (Å²) in [7, 11) is 0. The molecule has 0 radical (unpaired) electrons. The smallest absolute Gasteiger partial charge is 0.340 e. The summed E-state index contributed by atoms with van der Waals surface area (Å²) in [5.74, 6) is 1.12. The molecule has 0 bridgehead atoms. The number of ether oxygens (including phenoxy) is 4. The zero-order chi connectivity index (χ0) is 19.9. The van der Waals surface area contributed by atoms with E-state index in [0.29, 0.717) is 42.6 Å². The Morgan fingerprint density at radius 3 is 2.61 bits per heavy atom. The zero-order valence-electron chi connectivity index (χ0n) is 15.9. The highest BCUT2D eigenvalue weighted by atomic mass is 16.6. The van der Waals surface area contributed by atoms with E-state index in [1.165, 1.54) is 0 Å². The van der Waals surface area contributed by atoms with Crippen LogP contribution in [0.4, 0.5) is 0 Å². The average Bonchev–Trinajstić information content (AvgIpc) is 2.71. The Morgan fingerprint density at radius 2 is 1.86 bits per heavy atom. The molecule has 1 atom stereocenters. The van der Waals surface area contributed by atoms with Gasteiger partial charge in [0.05, 0.1) is 12.1 Å². The first-order valence-corrected chi connectivity index (χ1v) is 9.15. The van der Waals surface area contributed by atoms with Gasteiger partial charge in [-0.2, -0.15) is 0 Å². The fourth-order valence-electron chi connectivity index (χ4n) is 2.71. The third-order valence-corrected chi connectivity index (χ3v) is 4.20. The quantitative estimate of drug-likeness (QED) is 0.514. The second-order valence-corrected chi connectivity index (χ2v) is 6.18. The van der Waals surface area contributed by atoms with Gasteiger partial charge in [0.15, 0.2) is 12.8 Å². The van der Waals surface area contributed by atoms with Gasteiger partial charge in [0.1, 0.15) is 23.9 Å². The monoisotopic (exact) mass is 385 g/mol. The van der Waals surface area contributed by atoms with Crippen molar-refractivity contribution >= 4 is 11.9 Å². The molecule has 1 aliphatic rings. The molecule has 1 unspecified atom stereocenters. The van der Waals surface area contributed by atoms with Crippen LogP contribution in [-0.4, -0.2) is 49.4 Å². The van der Waals surface area contributed by atoms with Crippen molar-refractivity contribution in [1.82, 2.24) is 4.90 Å². The topological polar surface area (TPSA) is 74.3 Å². The maximum atomic E-state index is 12.4. The van der Waals surface area contributed by atoms with E-state index in [-0.39, 0.29) is 12.6 Å². The van der Waals surface area contributed by atoms with Crippen LogP contribution in [0.25, 0.3) is 0 Å². The van der Waals surface area contributed by atoms with Gasteiger partial charge in [0.2, 0.25) is 0 Å². The third kappa shape index (κ3) is 4.80. The maximum absolute atomic E-state index is 12.4. The number of amides is 1. The fourth-order valence-corrected chi connectivity index (χ4v) is 2.71. The summed E-state index contributed by atoms with van der Waals surface area (Å²) in [5.41, 5.74) is 0.557. The Morgan fingerprint density at radius 1 is 1.14 bits per heavy atom. The van der Waals surface area contributed by atoms with Crippen molar-refractivity contribution < 1.29 is 28.5 Å². The van der Waals surface area contributed by atoms with Crippen molar-refractivity contribution in [2.24, 2.45) is 0 Å². The zero-order valence-corrected chi connectivity index (χ0v) is 15.9. The number of fused-ring (bicyclic) bond motifs is 1. The van der Waals surface area contributed by atoms with Crippen LogP contribution in [0.15, 0.2) is 48.5 Å². The van der Waals surface area contributed by atoms with Gasteiger partial charge < -0.3 is 23.8 Å². The van der Waals surface area contributed by atoms with Gasteiger partial charge in [0.25, 0.3) is 5.91 Å². The van der Waals surface area contributed by atoms with Crippen LogP contribution in [0.5, 0.6) is 17.2 Å². The van der Waals surface area contributed by atoms with Crippen molar-refractivity contribution in [2.45, 2.75) is 20.0 Å². The van der Waals surface area contributed by atoms with Crippen LogP contribution in [0.1, 0.15) is 24.2 Å². The van der Waals surface area contributed by atoms with Gasteiger partial charge in [-0.05, 0) is 50.2 Å². The Kier molecular flexibility index (Phi) is 6.49. The predicted molar refractivity (Wildman–Crippen MR) is 102 cm³/mol. The second kappa shape index (κ2) is 9.23. The van der Waals surface area contributed by atoms with Crippen LogP contribution >= 0.6 is 0 Å². The highest BCUT2D eigenvalue weighted by molar-refractivity contribution is 5.97. The summed E-state index contributed by atoms with van der Waals surface area (Å²) in [6.07, 6.45) is -0.615. The minimum Gasteiger partial charge on any atom is -0.492 e. The molecule has 7 nitrogen and oxygen atoms in total. The molecule has 0 saturated heterocycles. The Labute approximate surface area is 163 Å². The number of hydrogen-bond donors (Lipinski definition) is 0. The molecule has 0 aliphatic carbocycles. The van der Waals surface area contributed by atoms with Crippen molar-refractivity contribution in [1.29, 1.82) is 0 Å². The first-order valence-electron chi connectivity index (χ1n) is 9.15. The molecule has 2 aromatic rings. The Hall–Kier alpha value is -3.06. The summed E-state index contributed by atoms with van der Waals surface area (Å²) in [6, 6.07) is 13.9. The number of esters is 1. The Balaban J connectivity index is 1.47. The lowest BCUT2D eigenvalue weighted by Crippen LogP contribution is -2.40. The van der Waals surface area contributed by atoms with E-state index in [1.807, 2.05) is 19.1 Å². The molecule has 2 aromatic carbocycles. The van der Waals surface area contributed by atoms with Crippen LogP contribution in [0.3, 0.4) is 0 Å². The fraction of sp³-hybridized carbons (Fsp3) is 0.333. The summed E-state index contributed by atoms with van der Waals surface area (Å²) in [5, 5.41) is 0. The van der Waals surface area contributed by atoms with Crippen LogP contribution in [-0.2, 0) is 9.53 Å². The average molecular weight is 385 g/mol.